The lowest BCUT2D eigenvalue weighted by atomic mass is 9.79. The van der Waals surface area contributed by atoms with E-state index in [4.69, 9.17) is 0 Å². The van der Waals surface area contributed by atoms with E-state index in [-0.39, 0.29) is 11.8 Å². The second-order valence-corrected chi connectivity index (χ2v) is 5.14. The first kappa shape index (κ1) is 13.1. The Bertz CT molecular complexity index is 403. The number of hydrogen-bond acceptors (Lipinski definition) is 3. The molecule has 0 amide bonds. The van der Waals surface area contributed by atoms with Gasteiger partial charge in [0, 0.05) is 25.4 Å². The standard InChI is InChI=1S/C13H21N3O2/c1-16-9-10(7-15-16)6-14-8-11-4-2-3-5-12(11)13(17)18/h7,9,11-12,14H,2-6,8H2,1H3,(H,17,18). The van der Waals surface area contributed by atoms with Crippen LogP contribution in [0, 0.1) is 11.8 Å². The quantitative estimate of drug-likeness (QED) is 0.830. The predicted molar refractivity (Wildman–Crippen MR) is 68.0 cm³/mol. The summed E-state index contributed by atoms with van der Waals surface area (Å²) in [6.45, 7) is 1.54. The summed E-state index contributed by atoms with van der Waals surface area (Å²) in [6.07, 6.45) is 7.87. The summed E-state index contributed by atoms with van der Waals surface area (Å²) in [5.74, 6) is -0.532. The van der Waals surface area contributed by atoms with Crippen molar-refractivity contribution >= 4 is 5.97 Å². The molecule has 1 aromatic rings. The van der Waals surface area contributed by atoms with Crippen LogP contribution in [0.15, 0.2) is 12.4 Å². The van der Waals surface area contributed by atoms with Crippen LogP contribution in [0.4, 0.5) is 0 Å². The fourth-order valence-electron chi connectivity index (χ4n) is 2.74. The van der Waals surface area contributed by atoms with Crippen LogP contribution in [0.2, 0.25) is 0 Å². The van der Waals surface area contributed by atoms with Crippen LogP contribution in [0.25, 0.3) is 0 Å². The number of nitrogens with one attached hydrogen (secondary N) is 1. The van der Waals surface area contributed by atoms with Crippen molar-refractivity contribution in [2.45, 2.75) is 32.2 Å². The monoisotopic (exact) mass is 251 g/mol. The minimum Gasteiger partial charge on any atom is -0.481 e. The minimum absolute atomic E-state index is 0.167. The summed E-state index contributed by atoms with van der Waals surface area (Å²) in [5.41, 5.74) is 1.14. The van der Waals surface area contributed by atoms with Crippen LogP contribution in [-0.4, -0.2) is 27.4 Å². The van der Waals surface area contributed by atoms with Gasteiger partial charge in [-0.25, -0.2) is 0 Å². The van der Waals surface area contributed by atoms with E-state index in [0.29, 0.717) is 0 Å². The second-order valence-electron chi connectivity index (χ2n) is 5.14. The third-order valence-corrected chi connectivity index (χ3v) is 3.72. The first-order valence-electron chi connectivity index (χ1n) is 6.58. The average Bonchev–Trinajstić information content (AvgIpc) is 2.75. The average molecular weight is 251 g/mol. The van der Waals surface area contributed by atoms with Crippen LogP contribution in [0.1, 0.15) is 31.2 Å². The van der Waals surface area contributed by atoms with E-state index < -0.39 is 5.97 Å². The van der Waals surface area contributed by atoms with E-state index in [1.807, 2.05) is 19.4 Å². The number of aliphatic carboxylic acids is 1. The van der Waals surface area contributed by atoms with Gasteiger partial charge in [-0.15, -0.1) is 0 Å². The second kappa shape index (κ2) is 6.00. The number of carbonyl (C=O) groups is 1. The maximum Gasteiger partial charge on any atom is 0.306 e. The summed E-state index contributed by atoms with van der Waals surface area (Å²) >= 11 is 0. The summed E-state index contributed by atoms with van der Waals surface area (Å²) in [4.78, 5) is 11.2. The highest BCUT2D eigenvalue weighted by molar-refractivity contribution is 5.70. The van der Waals surface area contributed by atoms with Gasteiger partial charge >= 0.3 is 5.97 Å². The summed E-state index contributed by atoms with van der Waals surface area (Å²) in [7, 11) is 1.89. The highest BCUT2D eigenvalue weighted by atomic mass is 16.4. The van der Waals surface area contributed by atoms with Gasteiger partial charge in [0.2, 0.25) is 0 Å². The number of aromatic nitrogens is 2. The zero-order valence-corrected chi connectivity index (χ0v) is 10.8. The van der Waals surface area contributed by atoms with Crippen molar-refractivity contribution in [2.75, 3.05) is 6.54 Å². The van der Waals surface area contributed by atoms with Gasteiger partial charge in [-0.05, 0) is 25.3 Å². The Balaban J connectivity index is 1.79. The fourth-order valence-corrected chi connectivity index (χ4v) is 2.74. The van der Waals surface area contributed by atoms with Gasteiger partial charge in [0.25, 0.3) is 0 Å². The van der Waals surface area contributed by atoms with Crippen LogP contribution in [0.5, 0.6) is 0 Å². The van der Waals surface area contributed by atoms with Crippen LogP contribution < -0.4 is 5.32 Å². The van der Waals surface area contributed by atoms with Crippen LogP contribution >= 0.6 is 0 Å². The van der Waals surface area contributed by atoms with Gasteiger partial charge in [0.05, 0.1) is 12.1 Å². The molecule has 0 aromatic carbocycles. The van der Waals surface area contributed by atoms with Crippen molar-refractivity contribution in [3.05, 3.63) is 18.0 Å². The Labute approximate surface area is 107 Å². The van der Waals surface area contributed by atoms with Crippen molar-refractivity contribution in [3.63, 3.8) is 0 Å². The number of aryl methyl sites for hydroxylation is 1. The van der Waals surface area contributed by atoms with Crippen LogP contribution in [-0.2, 0) is 18.4 Å². The molecule has 1 saturated carbocycles. The molecule has 0 bridgehead atoms. The molecule has 100 valence electrons. The van der Waals surface area contributed by atoms with Gasteiger partial charge in [-0.1, -0.05) is 12.8 Å². The molecule has 0 saturated heterocycles. The van der Waals surface area contributed by atoms with E-state index in [1.165, 1.54) is 0 Å². The van der Waals surface area contributed by atoms with Crippen molar-refractivity contribution in [1.82, 2.24) is 15.1 Å². The molecule has 2 atom stereocenters. The Morgan fingerprint density at radius 2 is 2.33 bits per heavy atom. The summed E-state index contributed by atoms with van der Waals surface area (Å²) in [6, 6.07) is 0. The van der Waals surface area contributed by atoms with Crippen molar-refractivity contribution in [2.24, 2.45) is 18.9 Å². The van der Waals surface area contributed by atoms with Gasteiger partial charge in [0.1, 0.15) is 0 Å². The predicted octanol–water partition coefficient (Wildman–Crippen LogP) is 1.40. The van der Waals surface area contributed by atoms with Crippen molar-refractivity contribution in [1.29, 1.82) is 0 Å². The topological polar surface area (TPSA) is 67.2 Å². The third kappa shape index (κ3) is 3.32. The maximum absolute atomic E-state index is 11.2. The lowest BCUT2D eigenvalue weighted by Gasteiger charge is -2.28. The van der Waals surface area contributed by atoms with E-state index >= 15 is 0 Å². The molecule has 0 radical (unpaired) electrons. The number of hydrogen-bond donors (Lipinski definition) is 2. The number of carboxylic acid groups (broad SMARTS) is 1. The number of rotatable bonds is 5. The van der Waals surface area contributed by atoms with Gasteiger partial charge in [-0.2, -0.15) is 5.10 Å². The van der Waals surface area contributed by atoms with E-state index in [0.717, 1.165) is 44.3 Å². The fraction of sp³-hybridized carbons (Fsp3) is 0.692. The molecule has 18 heavy (non-hydrogen) atoms. The van der Waals surface area contributed by atoms with Crippen molar-refractivity contribution < 1.29 is 9.90 Å². The Morgan fingerprint density at radius 3 is 3.00 bits per heavy atom. The molecule has 1 heterocycles. The largest absolute Gasteiger partial charge is 0.481 e. The third-order valence-electron chi connectivity index (χ3n) is 3.72. The molecule has 1 fully saturated rings. The number of nitrogens with zero attached hydrogens (tertiary/aromatic N) is 2. The van der Waals surface area contributed by atoms with Gasteiger partial charge < -0.3 is 10.4 Å². The molecule has 2 unspecified atom stereocenters. The highest BCUT2D eigenvalue weighted by Gasteiger charge is 2.30. The molecule has 1 aromatic heterocycles. The van der Waals surface area contributed by atoms with E-state index in [1.54, 1.807) is 4.68 Å². The smallest absolute Gasteiger partial charge is 0.306 e. The first-order chi connectivity index (χ1) is 8.66. The normalized spacial score (nSPS) is 24.1. The Kier molecular flexibility index (Phi) is 4.36. The van der Waals surface area contributed by atoms with Gasteiger partial charge in [0.15, 0.2) is 0 Å². The molecule has 1 aliphatic rings. The van der Waals surface area contributed by atoms with E-state index in [2.05, 4.69) is 10.4 Å². The molecular weight excluding hydrogens is 230 g/mol. The lowest BCUT2D eigenvalue weighted by molar-refractivity contribution is -0.144. The highest BCUT2D eigenvalue weighted by Crippen LogP contribution is 2.29. The van der Waals surface area contributed by atoms with E-state index in [9.17, 15) is 9.90 Å². The molecule has 2 rings (SSSR count). The maximum atomic E-state index is 11.2. The lowest BCUT2D eigenvalue weighted by Crippen LogP contribution is -2.34. The molecule has 2 N–H and O–H groups in total. The Hall–Kier alpha value is -1.36. The molecule has 0 aliphatic heterocycles. The van der Waals surface area contributed by atoms with Gasteiger partial charge in [-0.3, -0.25) is 9.48 Å². The number of carboxylic acids is 1. The molecule has 5 heteroatoms. The zero-order valence-electron chi connectivity index (χ0n) is 10.8. The summed E-state index contributed by atoms with van der Waals surface area (Å²) in [5, 5.41) is 16.6. The molecule has 1 aliphatic carbocycles. The first-order valence-corrected chi connectivity index (χ1v) is 6.58. The van der Waals surface area contributed by atoms with Crippen molar-refractivity contribution in [3.8, 4) is 0 Å². The SMILES string of the molecule is Cn1cc(CNCC2CCCCC2C(=O)O)cn1. The zero-order chi connectivity index (χ0) is 13.0. The molecular formula is C13H21N3O2. The Morgan fingerprint density at radius 1 is 1.56 bits per heavy atom. The molecule has 5 nitrogen and oxygen atoms in total. The summed E-state index contributed by atoms with van der Waals surface area (Å²) < 4.78 is 1.78. The van der Waals surface area contributed by atoms with Crippen LogP contribution in [0.3, 0.4) is 0 Å². The minimum atomic E-state index is -0.636. The molecule has 0 spiro atoms.